The molecule has 1 atom stereocenters. The normalized spacial score (nSPS) is 12.1. The molecule has 0 saturated heterocycles. The Morgan fingerprint density at radius 2 is 2.43 bits per heavy atom. The topological polar surface area (TPSA) is 24.9 Å². The van der Waals surface area contributed by atoms with E-state index in [1.807, 2.05) is 24.5 Å². The van der Waals surface area contributed by atoms with Gasteiger partial charge in [-0.15, -0.1) is 6.58 Å². The quantitative estimate of drug-likeness (QED) is 0.721. The third-order valence-electron chi connectivity index (χ3n) is 2.24. The number of nitrogens with one attached hydrogen (secondary N) is 1. The zero-order valence-electron chi connectivity index (χ0n) is 8.96. The van der Waals surface area contributed by atoms with Crippen LogP contribution in [0.1, 0.15) is 25.3 Å². The van der Waals surface area contributed by atoms with E-state index < -0.39 is 0 Å². The van der Waals surface area contributed by atoms with Crippen LogP contribution in [0.4, 0.5) is 5.69 Å². The first-order valence-electron chi connectivity index (χ1n) is 5.02. The second kappa shape index (κ2) is 5.43. The largest absolute Gasteiger partial charge is 0.381 e. The minimum atomic E-state index is 0.468. The van der Waals surface area contributed by atoms with Crippen molar-refractivity contribution in [1.82, 2.24) is 4.98 Å². The highest BCUT2D eigenvalue weighted by Gasteiger charge is 2.02. The van der Waals surface area contributed by atoms with Crippen molar-refractivity contribution in [2.75, 3.05) is 5.32 Å². The summed E-state index contributed by atoms with van der Waals surface area (Å²) in [6.07, 6.45) is 7.80. The van der Waals surface area contributed by atoms with Gasteiger partial charge in [-0.05, 0) is 38.3 Å². The molecule has 76 valence electrons. The summed E-state index contributed by atoms with van der Waals surface area (Å²) in [5.74, 6) is 0. The van der Waals surface area contributed by atoms with E-state index in [-0.39, 0.29) is 0 Å². The van der Waals surface area contributed by atoms with Gasteiger partial charge in [0.2, 0.25) is 0 Å². The molecule has 14 heavy (non-hydrogen) atoms. The van der Waals surface area contributed by atoms with E-state index >= 15 is 0 Å². The minimum absolute atomic E-state index is 0.468. The number of anilines is 1. The molecular weight excluding hydrogens is 172 g/mol. The van der Waals surface area contributed by atoms with Gasteiger partial charge < -0.3 is 5.32 Å². The van der Waals surface area contributed by atoms with E-state index in [0.717, 1.165) is 18.5 Å². The SMILES string of the molecule is C=CCC[C@@H](C)Nc1cnccc1C. The molecule has 0 bridgehead atoms. The average molecular weight is 190 g/mol. The summed E-state index contributed by atoms with van der Waals surface area (Å²) in [6.45, 7) is 7.98. The van der Waals surface area contributed by atoms with Crippen LogP contribution in [0, 0.1) is 6.92 Å². The summed E-state index contributed by atoms with van der Waals surface area (Å²) >= 11 is 0. The Morgan fingerprint density at radius 1 is 1.64 bits per heavy atom. The van der Waals surface area contributed by atoms with E-state index in [2.05, 4.69) is 30.7 Å². The van der Waals surface area contributed by atoms with Crippen molar-refractivity contribution >= 4 is 5.69 Å². The maximum absolute atomic E-state index is 4.10. The molecule has 2 heteroatoms. The molecule has 2 nitrogen and oxygen atoms in total. The van der Waals surface area contributed by atoms with E-state index in [0.29, 0.717) is 6.04 Å². The fourth-order valence-corrected chi connectivity index (χ4v) is 1.32. The standard InChI is InChI=1S/C12H18N2/c1-4-5-6-11(3)14-12-9-13-8-7-10(12)2/h4,7-9,11,14H,1,5-6H2,2-3H3/t11-/m1/s1. The van der Waals surface area contributed by atoms with Gasteiger partial charge in [-0.2, -0.15) is 0 Å². The Hall–Kier alpha value is -1.31. The van der Waals surface area contributed by atoms with E-state index in [1.54, 1.807) is 0 Å². The first-order valence-corrected chi connectivity index (χ1v) is 5.02. The van der Waals surface area contributed by atoms with Crippen LogP contribution in [0.25, 0.3) is 0 Å². The second-order valence-electron chi connectivity index (χ2n) is 3.60. The van der Waals surface area contributed by atoms with Crippen molar-refractivity contribution in [2.45, 2.75) is 32.7 Å². The molecule has 0 spiro atoms. The van der Waals surface area contributed by atoms with Gasteiger partial charge in [0, 0.05) is 12.2 Å². The number of aromatic nitrogens is 1. The molecule has 0 amide bonds. The second-order valence-corrected chi connectivity index (χ2v) is 3.60. The Balaban J connectivity index is 2.51. The molecule has 1 aromatic rings. The van der Waals surface area contributed by atoms with Crippen molar-refractivity contribution in [2.24, 2.45) is 0 Å². The fourth-order valence-electron chi connectivity index (χ4n) is 1.32. The lowest BCUT2D eigenvalue weighted by Crippen LogP contribution is -2.15. The summed E-state index contributed by atoms with van der Waals surface area (Å²) in [7, 11) is 0. The van der Waals surface area contributed by atoms with Crippen molar-refractivity contribution < 1.29 is 0 Å². The molecule has 1 rings (SSSR count). The lowest BCUT2D eigenvalue weighted by molar-refractivity contribution is 0.718. The Kier molecular flexibility index (Phi) is 4.17. The van der Waals surface area contributed by atoms with Gasteiger partial charge in [0.15, 0.2) is 0 Å². The Bertz CT molecular complexity index is 294. The van der Waals surface area contributed by atoms with Gasteiger partial charge in [0.05, 0.1) is 11.9 Å². The molecule has 0 saturated carbocycles. The highest BCUT2D eigenvalue weighted by atomic mass is 14.9. The molecule has 0 fully saturated rings. The molecule has 0 aliphatic heterocycles. The molecule has 1 heterocycles. The zero-order chi connectivity index (χ0) is 10.4. The summed E-state index contributed by atoms with van der Waals surface area (Å²) in [6, 6.07) is 2.48. The molecular formula is C12H18N2. The maximum atomic E-state index is 4.10. The third-order valence-corrected chi connectivity index (χ3v) is 2.24. The third kappa shape index (κ3) is 3.21. The zero-order valence-corrected chi connectivity index (χ0v) is 8.96. The van der Waals surface area contributed by atoms with Crippen molar-refractivity contribution in [3.63, 3.8) is 0 Å². The fraction of sp³-hybridized carbons (Fsp3) is 0.417. The van der Waals surface area contributed by atoms with Crippen LogP contribution in [-0.2, 0) is 0 Å². The summed E-state index contributed by atoms with van der Waals surface area (Å²) < 4.78 is 0. The van der Waals surface area contributed by atoms with Crippen molar-refractivity contribution in [1.29, 1.82) is 0 Å². The van der Waals surface area contributed by atoms with Gasteiger partial charge in [0.25, 0.3) is 0 Å². The van der Waals surface area contributed by atoms with Crippen LogP contribution in [-0.4, -0.2) is 11.0 Å². The maximum Gasteiger partial charge on any atom is 0.0558 e. The first-order chi connectivity index (χ1) is 6.74. The molecule has 0 radical (unpaired) electrons. The number of pyridine rings is 1. The smallest absolute Gasteiger partial charge is 0.0558 e. The van der Waals surface area contributed by atoms with Crippen LogP contribution in [0.2, 0.25) is 0 Å². The predicted octanol–water partition coefficient (Wildman–Crippen LogP) is 3.16. The van der Waals surface area contributed by atoms with Crippen LogP contribution >= 0.6 is 0 Å². The number of nitrogens with zero attached hydrogens (tertiary/aromatic N) is 1. The van der Waals surface area contributed by atoms with Crippen LogP contribution in [0.3, 0.4) is 0 Å². The van der Waals surface area contributed by atoms with Gasteiger partial charge in [-0.25, -0.2) is 0 Å². The van der Waals surface area contributed by atoms with Gasteiger partial charge in [-0.1, -0.05) is 6.08 Å². The van der Waals surface area contributed by atoms with Crippen LogP contribution in [0.5, 0.6) is 0 Å². The van der Waals surface area contributed by atoms with Crippen LogP contribution < -0.4 is 5.32 Å². The molecule has 0 unspecified atom stereocenters. The van der Waals surface area contributed by atoms with Crippen molar-refractivity contribution in [3.8, 4) is 0 Å². The number of aryl methyl sites for hydroxylation is 1. The summed E-state index contributed by atoms with van der Waals surface area (Å²) in [4.78, 5) is 4.10. The molecule has 0 aliphatic carbocycles. The number of hydrogen-bond acceptors (Lipinski definition) is 2. The van der Waals surface area contributed by atoms with Gasteiger partial charge >= 0.3 is 0 Å². The predicted molar refractivity (Wildman–Crippen MR) is 61.5 cm³/mol. The lowest BCUT2D eigenvalue weighted by Gasteiger charge is -2.15. The average Bonchev–Trinajstić information content (AvgIpc) is 2.18. The van der Waals surface area contributed by atoms with E-state index in [1.165, 1.54) is 5.56 Å². The van der Waals surface area contributed by atoms with Crippen molar-refractivity contribution in [3.05, 3.63) is 36.7 Å². The molecule has 0 aliphatic rings. The molecule has 0 aromatic carbocycles. The van der Waals surface area contributed by atoms with Crippen LogP contribution in [0.15, 0.2) is 31.1 Å². The highest BCUT2D eigenvalue weighted by molar-refractivity contribution is 5.48. The minimum Gasteiger partial charge on any atom is -0.381 e. The molecule has 1 aromatic heterocycles. The summed E-state index contributed by atoms with van der Waals surface area (Å²) in [5, 5.41) is 3.43. The monoisotopic (exact) mass is 190 g/mol. The summed E-state index contributed by atoms with van der Waals surface area (Å²) in [5.41, 5.74) is 2.37. The number of allylic oxidation sites excluding steroid dienone is 1. The Labute approximate surface area is 86.1 Å². The lowest BCUT2D eigenvalue weighted by atomic mass is 10.1. The molecule has 1 N–H and O–H groups in total. The highest BCUT2D eigenvalue weighted by Crippen LogP contribution is 2.14. The number of hydrogen-bond donors (Lipinski definition) is 1. The first kappa shape index (κ1) is 10.8. The van der Waals surface area contributed by atoms with Gasteiger partial charge in [0.1, 0.15) is 0 Å². The number of rotatable bonds is 5. The van der Waals surface area contributed by atoms with E-state index in [4.69, 9.17) is 0 Å². The van der Waals surface area contributed by atoms with E-state index in [9.17, 15) is 0 Å². The Morgan fingerprint density at radius 3 is 3.07 bits per heavy atom. The van der Waals surface area contributed by atoms with Gasteiger partial charge in [-0.3, -0.25) is 4.98 Å².